The van der Waals surface area contributed by atoms with E-state index in [0.717, 1.165) is 37.1 Å². The molecule has 1 aliphatic rings. The number of likely N-dealkylation sites (tertiary alicyclic amines) is 1. The molecule has 0 spiro atoms. The van der Waals surface area contributed by atoms with E-state index in [1.807, 2.05) is 24.3 Å². The number of aliphatic hydroxyl groups is 1. The summed E-state index contributed by atoms with van der Waals surface area (Å²) < 4.78 is 5.18. The fourth-order valence-corrected chi connectivity index (χ4v) is 2.97. The van der Waals surface area contributed by atoms with Crippen LogP contribution in [0.1, 0.15) is 31.2 Å². The predicted octanol–water partition coefficient (Wildman–Crippen LogP) is 1.55. The fourth-order valence-electron chi connectivity index (χ4n) is 2.97. The lowest BCUT2D eigenvalue weighted by atomic mass is 10.00. The number of ether oxygens (including phenoxy) is 1. The molecule has 2 N–H and O–H groups in total. The summed E-state index contributed by atoms with van der Waals surface area (Å²) in [5.41, 5.74) is 1.03. The van der Waals surface area contributed by atoms with Gasteiger partial charge in [-0.3, -0.25) is 9.69 Å². The van der Waals surface area contributed by atoms with Crippen LogP contribution in [0.15, 0.2) is 24.3 Å². The topological polar surface area (TPSA) is 61.8 Å². The molecule has 1 aromatic rings. The Bertz CT molecular complexity index is 477. The quantitative estimate of drug-likeness (QED) is 0.802. The first-order valence-corrected chi connectivity index (χ1v) is 7.97. The number of hydrogen-bond donors (Lipinski definition) is 2. The summed E-state index contributed by atoms with van der Waals surface area (Å²) in [6, 6.07) is 8.04. The monoisotopic (exact) mass is 306 g/mol. The number of carbonyl (C=O) groups is 1. The van der Waals surface area contributed by atoms with Crippen LogP contribution in [0.2, 0.25) is 0 Å². The van der Waals surface area contributed by atoms with Gasteiger partial charge in [0.05, 0.1) is 13.7 Å². The van der Waals surface area contributed by atoms with Crippen LogP contribution >= 0.6 is 0 Å². The zero-order chi connectivity index (χ0) is 15.8. The van der Waals surface area contributed by atoms with E-state index in [9.17, 15) is 4.79 Å². The van der Waals surface area contributed by atoms with Crippen molar-refractivity contribution in [3.8, 4) is 5.75 Å². The summed E-state index contributed by atoms with van der Waals surface area (Å²) in [6.07, 6.45) is 4.14. The number of methoxy groups -OCH3 is 1. The van der Waals surface area contributed by atoms with Crippen LogP contribution < -0.4 is 10.1 Å². The van der Waals surface area contributed by atoms with Crippen molar-refractivity contribution in [1.82, 2.24) is 10.2 Å². The maximum Gasteiger partial charge on any atom is 0.234 e. The second-order valence-electron chi connectivity index (χ2n) is 5.76. The minimum absolute atomic E-state index is 0.0349. The number of hydrogen-bond acceptors (Lipinski definition) is 4. The number of nitrogens with one attached hydrogen (secondary N) is 1. The van der Waals surface area contributed by atoms with Crippen molar-refractivity contribution in [3.63, 3.8) is 0 Å². The van der Waals surface area contributed by atoms with Crippen molar-refractivity contribution < 1.29 is 14.6 Å². The molecular formula is C17H26N2O3. The standard InChI is InChI=1S/C17H26N2O3/c1-22-16-7-4-5-14(11-16)12-18-17(21)13-19-9-3-2-6-15(19)8-10-20/h4-5,7,11,15,20H,2-3,6,8-10,12-13H2,1H3,(H,18,21). The molecule has 0 radical (unpaired) electrons. The molecule has 1 amide bonds. The first-order valence-electron chi connectivity index (χ1n) is 7.97. The molecule has 1 aliphatic heterocycles. The van der Waals surface area contributed by atoms with Gasteiger partial charge in [-0.2, -0.15) is 0 Å². The largest absolute Gasteiger partial charge is 0.497 e. The molecule has 1 fully saturated rings. The number of amides is 1. The lowest BCUT2D eigenvalue weighted by Gasteiger charge is -2.34. The molecule has 0 aliphatic carbocycles. The van der Waals surface area contributed by atoms with E-state index < -0.39 is 0 Å². The van der Waals surface area contributed by atoms with Gasteiger partial charge in [-0.1, -0.05) is 18.6 Å². The van der Waals surface area contributed by atoms with Gasteiger partial charge < -0.3 is 15.2 Å². The van der Waals surface area contributed by atoms with Crippen LogP contribution in [0.5, 0.6) is 5.75 Å². The number of piperidine rings is 1. The maximum absolute atomic E-state index is 12.1. The summed E-state index contributed by atoms with van der Waals surface area (Å²) in [6.45, 7) is 2.05. The van der Waals surface area contributed by atoms with E-state index in [0.29, 0.717) is 19.1 Å². The molecule has 1 atom stereocenters. The van der Waals surface area contributed by atoms with E-state index in [-0.39, 0.29) is 12.5 Å². The van der Waals surface area contributed by atoms with E-state index in [1.165, 1.54) is 6.42 Å². The molecule has 5 nitrogen and oxygen atoms in total. The third kappa shape index (κ3) is 5.00. The van der Waals surface area contributed by atoms with Crippen LogP contribution in [-0.2, 0) is 11.3 Å². The van der Waals surface area contributed by atoms with Crippen molar-refractivity contribution in [2.45, 2.75) is 38.3 Å². The molecule has 1 aromatic carbocycles. The summed E-state index contributed by atoms with van der Waals surface area (Å²) >= 11 is 0. The average molecular weight is 306 g/mol. The number of aliphatic hydroxyl groups excluding tert-OH is 1. The number of nitrogens with zero attached hydrogens (tertiary/aromatic N) is 1. The summed E-state index contributed by atoms with van der Waals surface area (Å²) in [5, 5.41) is 12.1. The Morgan fingerprint density at radius 1 is 1.45 bits per heavy atom. The number of benzene rings is 1. The molecule has 122 valence electrons. The molecule has 0 bridgehead atoms. The molecule has 2 rings (SSSR count). The first kappa shape index (κ1) is 16.8. The SMILES string of the molecule is COc1cccc(CNC(=O)CN2CCCCC2CCO)c1. The van der Waals surface area contributed by atoms with Gasteiger partial charge in [-0.05, 0) is 43.5 Å². The normalized spacial score (nSPS) is 18.9. The highest BCUT2D eigenvalue weighted by Gasteiger charge is 2.23. The second-order valence-corrected chi connectivity index (χ2v) is 5.76. The Labute approximate surface area is 132 Å². The van der Waals surface area contributed by atoms with Gasteiger partial charge in [0.15, 0.2) is 0 Å². The summed E-state index contributed by atoms with van der Waals surface area (Å²) in [5.74, 6) is 0.832. The molecular weight excluding hydrogens is 280 g/mol. The van der Waals surface area contributed by atoms with Gasteiger partial charge in [-0.25, -0.2) is 0 Å². The maximum atomic E-state index is 12.1. The second kappa shape index (κ2) is 8.76. The van der Waals surface area contributed by atoms with Crippen LogP contribution in [0.25, 0.3) is 0 Å². The van der Waals surface area contributed by atoms with Gasteiger partial charge in [0.25, 0.3) is 0 Å². The molecule has 0 saturated carbocycles. The predicted molar refractivity (Wildman–Crippen MR) is 85.8 cm³/mol. The van der Waals surface area contributed by atoms with Crippen LogP contribution in [0.4, 0.5) is 0 Å². The zero-order valence-electron chi connectivity index (χ0n) is 13.3. The Morgan fingerprint density at radius 2 is 2.32 bits per heavy atom. The van der Waals surface area contributed by atoms with Crippen LogP contribution in [0, 0.1) is 0 Å². The van der Waals surface area contributed by atoms with Crippen molar-refractivity contribution >= 4 is 5.91 Å². The zero-order valence-corrected chi connectivity index (χ0v) is 13.3. The average Bonchev–Trinajstić information content (AvgIpc) is 2.55. The van der Waals surface area contributed by atoms with E-state index in [4.69, 9.17) is 9.84 Å². The Kier molecular flexibility index (Phi) is 6.68. The van der Waals surface area contributed by atoms with Crippen molar-refractivity contribution in [3.05, 3.63) is 29.8 Å². The van der Waals surface area contributed by atoms with Gasteiger partial charge >= 0.3 is 0 Å². The third-order valence-electron chi connectivity index (χ3n) is 4.18. The molecule has 22 heavy (non-hydrogen) atoms. The van der Waals surface area contributed by atoms with Crippen molar-refractivity contribution in [2.75, 3.05) is 26.8 Å². The van der Waals surface area contributed by atoms with E-state index in [1.54, 1.807) is 7.11 Å². The Morgan fingerprint density at radius 3 is 3.09 bits per heavy atom. The highest BCUT2D eigenvalue weighted by molar-refractivity contribution is 5.78. The fraction of sp³-hybridized carbons (Fsp3) is 0.588. The van der Waals surface area contributed by atoms with Gasteiger partial charge in [0, 0.05) is 19.2 Å². The Hall–Kier alpha value is -1.59. The molecule has 1 unspecified atom stereocenters. The van der Waals surface area contributed by atoms with E-state index >= 15 is 0 Å². The molecule has 5 heteroatoms. The van der Waals surface area contributed by atoms with Crippen LogP contribution in [0.3, 0.4) is 0 Å². The third-order valence-corrected chi connectivity index (χ3v) is 4.18. The Balaban J connectivity index is 1.81. The molecule has 1 saturated heterocycles. The summed E-state index contributed by atoms with van der Waals surface area (Å²) in [4.78, 5) is 14.3. The first-order chi connectivity index (χ1) is 10.7. The van der Waals surface area contributed by atoms with Crippen molar-refractivity contribution in [1.29, 1.82) is 0 Å². The van der Waals surface area contributed by atoms with Crippen molar-refractivity contribution in [2.24, 2.45) is 0 Å². The lowest BCUT2D eigenvalue weighted by Crippen LogP contribution is -2.45. The smallest absolute Gasteiger partial charge is 0.234 e. The van der Waals surface area contributed by atoms with Gasteiger partial charge in [-0.15, -0.1) is 0 Å². The lowest BCUT2D eigenvalue weighted by molar-refractivity contribution is -0.123. The van der Waals surface area contributed by atoms with Gasteiger partial charge in [0.2, 0.25) is 5.91 Å². The molecule has 0 aromatic heterocycles. The summed E-state index contributed by atoms with van der Waals surface area (Å²) in [7, 11) is 1.63. The van der Waals surface area contributed by atoms with Gasteiger partial charge in [0.1, 0.15) is 5.75 Å². The minimum atomic E-state index is 0.0349. The number of rotatable bonds is 7. The van der Waals surface area contributed by atoms with Crippen LogP contribution in [-0.4, -0.2) is 48.8 Å². The highest BCUT2D eigenvalue weighted by atomic mass is 16.5. The molecule has 1 heterocycles. The number of carbonyl (C=O) groups excluding carboxylic acids is 1. The van der Waals surface area contributed by atoms with E-state index in [2.05, 4.69) is 10.2 Å². The highest BCUT2D eigenvalue weighted by Crippen LogP contribution is 2.19. The minimum Gasteiger partial charge on any atom is -0.497 e.